The Morgan fingerprint density at radius 2 is 1.78 bits per heavy atom. The quantitative estimate of drug-likeness (QED) is 0.648. The summed E-state index contributed by atoms with van der Waals surface area (Å²) in [5.41, 5.74) is 2.04. The summed E-state index contributed by atoms with van der Waals surface area (Å²) in [6.45, 7) is 0. The first-order chi connectivity index (χ1) is 11.3. The second kappa shape index (κ2) is 7.15. The molecule has 0 saturated heterocycles. The molecule has 3 aromatic rings. The van der Waals surface area contributed by atoms with Gasteiger partial charge in [-0.25, -0.2) is 0 Å². The molecule has 0 unspecified atom stereocenters. The first-order valence-electron chi connectivity index (χ1n) is 6.99. The topological polar surface area (TPSA) is 62.1 Å². The zero-order chi connectivity index (χ0) is 16.1. The lowest BCUT2D eigenvalue weighted by Crippen LogP contribution is -1.98. The van der Waals surface area contributed by atoms with Crippen molar-refractivity contribution in [1.82, 2.24) is 20.2 Å². The number of methoxy groups -OCH3 is 2. The molecule has 0 atom stereocenters. The van der Waals surface area contributed by atoms with E-state index >= 15 is 0 Å². The standard InChI is InChI=1S/C16H16N4O2S/c1-21-14-9-8-12(10-15(14)22-2)11-23-16-17-18-19-20(16)13-6-4-3-5-7-13/h3-10H,11H2,1-2H3. The molecule has 0 fully saturated rings. The lowest BCUT2D eigenvalue weighted by Gasteiger charge is -2.09. The van der Waals surface area contributed by atoms with Gasteiger partial charge in [-0.15, -0.1) is 5.10 Å². The number of thioether (sulfide) groups is 1. The molecular formula is C16H16N4O2S. The highest BCUT2D eigenvalue weighted by molar-refractivity contribution is 7.98. The minimum absolute atomic E-state index is 0.716. The minimum atomic E-state index is 0.716. The van der Waals surface area contributed by atoms with Crippen LogP contribution in [0.1, 0.15) is 5.56 Å². The fourth-order valence-corrected chi connectivity index (χ4v) is 2.95. The van der Waals surface area contributed by atoms with Gasteiger partial charge in [0.05, 0.1) is 19.9 Å². The Hall–Kier alpha value is -2.54. The molecule has 0 bridgehead atoms. The molecule has 1 heterocycles. The van der Waals surface area contributed by atoms with Crippen molar-refractivity contribution in [2.45, 2.75) is 10.9 Å². The van der Waals surface area contributed by atoms with Crippen molar-refractivity contribution >= 4 is 11.8 Å². The van der Waals surface area contributed by atoms with E-state index in [1.165, 1.54) is 0 Å². The van der Waals surface area contributed by atoms with Crippen molar-refractivity contribution in [1.29, 1.82) is 0 Å². The Labute approximate surface area is 138 Å². The highest BCUT2D eigenvalue weighted by atomic mass is 32.2. The van der Waals surface area contributed by atoms with Crippen LogP contribution in [0.2, 0.25) is 0 Å². The van der Waals surface area contributed by atoms with Crippen molar-refractivity contribution in [2.24, 2.45) is 0 Å². The maximum absolute atomic E-state index is 5.33. The Morgan fingerprint density at radius 1 is 1.00 bits per heavy atom. The van der Waals surface area contributed by atoms with Crippen molar-refractivity contribution in [3.8, 4) is 17.2 Å². The van der Waals surface area contributed by atoms with E-state index in [0.29, 0.717) is 5.75 Å². The number of rotatable bonds is 6. The molecule has 7 heteroatoms. The van der Waals surface area contributed by atoms with Crippen LogP contribution in [0, 0.1) is 0 Å². The average Bonchev–Trinajstić information content (AvgIpc) is 3.09. The summed E-state index contributed by atoms with van der Waals surface area (Å²) < 4.78 is 12.3. The first-order valence-corrected chi connectivity index (χ1v) is 7.98. The summed E-state index contributed by atoms with van der Waals surface area (Å²) in [6.07, 6.45) is 0. The van der Waals surface area contributed by atoms with Gasteiger partial charge in [0.2, 0.25) is 5.16 Å². The first kappa shape index (κ1) is 15.4. The monoisotopic (exact) mass is 328 g/mol. The number of hydrogen-bond acceptors (Lipinski definition) is 6. The smallest absolute Gasteiger partial charge is 0.214 e. The molecular weight excluding hydrogens is 312 g/mol. The van der Waals surface area contributed by atoms with Crippen LogP contribution in [0.5, 0.6) is 11.5 Å². The lowest BCUT2D eigenvalue weighted by atomic mass is 10.2. The van der Waals surface area contributed by atoms with Crippen LogP contribution in [-0.4, -0.2) is 34.4 Å². The number of nitrogens with zero attached hydrogens (tertiary/aromatic N) is 4. The van der Waals surface area contributed by atoms with E-state index in [1.54, 1.807) is 30.7 Å². The molecule has 0 N–H and O–H groups in total. The summed E-state index contributed by atoms with van der Waals surface area (Å²) in [5.74, 6) is 2.16. The highest BCUT2D eigenvalue weighted by Crippen LogP contribution is 2.30. The molecule has 2 aromatic carbocycles. The molecule has 6 nitrogen and oxygen atoms in total. The van der Waals surface area contributed by atoms with E-state index in [9.17, 15) is 0 Å². The Bertz CT molecular complexity index is 777. The van der Waals surface area contributed by atoms with Gasteiger partial charge in [0.1, 0.15) is 0 Å². The SMILES string of the molecule is COc1ccc(CSc2nnnn2-c2ccccc2)cc1OC. The zero-order valence-electron chi connectivity index (χ0n) is 12.8. The molecule has 0 spiro atoms. The predicted octanol–water partition coefficient (Wildman–Crippen LogP) is 2.97. The third-order valence-electron chi connectivity index (χ3n) is 3.26. The summed E-state index contributed by atoms with van der Waals surface area (Å²) >= 11 is 1.56. The van der Waals surface area contributed by atoms with E-state index in [-0.39, 0.29) is 0 Å². The number of aromatic nitrogens is 4. The van der Waals surface area contributed by atoms with Crippen LogP contribution in [0.4, 0.5) is 0 Å². The molecule has 0 aliphatic heterocycles. The molecule has 1 aromatic heterocycles. The summed E-state index contributed by atoms with van der Waals surface area (Å²) in [7, 11) is 3.25. The van der Waals surface area contributed by atoms with E-state index < -0.39 is 0 Å². The van der Waals surface area contributed by atoms with Crippen LogP contribution in [-0.2, 0) is 5.75 Å². The third-order valence-corrected chi connectivity index (χ3v) is 4.25. The van der Waals surface area contributed by atoms with Crippen LogP contribution in [0.3, 0.4) is 0 Å². The van der Waals surface area contributed by atoms with Gasteiger partial charge in [0.15, 0.2) is 11.5 Å². The van der Waals surface area contributed by atoms with Crippen molar-refractivity contribution < 1.29 is 9.47 Å². The second-order valence-electron chi connectivity index (χ2n) is 4.69. The molecule has 0 aliphatic carbocycles. The predicted molar refractivity (Wildman–Crippen MR) is 88.3 cm³/mol. The van der Waals surface area contributed by atoms with Gasteiger partial charge in [-0.3, -0.25) is 0 Å². The third kappa shape index (κ3) is 3.45. The van der Waals surface area contributed by atoms with Crippen LogP contribution >= 0.6 is 11.8 Å². The Kier molecular flexibility index (Phi) is 4.77. The molecule has 0 amide bonds. The fraction of sp³-hybridized carbons (Fsp3) is 0.188. The minimum Gasteiger partial charge on any atom is -0.493 e. The average molecular weight is 328 g/mol. The maximum Gasteiger partial charge on any atom is 0.214 e. The fourth-order valence-electron chi connectivity index (χ4n) is 2.12. The normalized spacial score (nSPS) is 10.5. The van der Waals surface area contributed by atoms with E-state index in [4.69, 9.17) is 9.47 Å². The van der Waals surface area contributed by atoms with Gasteiger partial charge in [-0.1, -0.05) is 36.0 Å². The van der Waals surface area contributed by atoms with Gasteiger partial charge in [-0.05, 0) is 40.3 Å². The second-order valence-corrected chi connectivity index (χ2v) is 5.63. The molecule has 0 radical (unpaired) electrons. The van der Waals surface area contributed by atoms with Gasteiger partial charge in [-0.2, -0.15) is 4.68 Å². The summed E-state index contributed by atoms with van der Waals surface area (Å²) in [5, 5.41) is 12.7. The van der Waals surface area contributed by atoms with Gasteiger partial charge >= 0.3 is 0 Å². The number of tetrazole rings is 1. The van der Waals surface area contributed by atoms with Crippen molar-refractivity contribution in [3.63, 3.8) is 0 Å². The Balaban J connectivity index is 1.76. The van der Waals surface area contributed by atoms with E-state index in [0.717, 1.165) is 27.9 Å². The molecule has 3 rings (SSSR count). The summed E-state index contributed by atoms with van der Waals surface area (Å²) in [4.78, 5) is 0. The number of ether oxygens (including phenoxy) is 2. The molecule has 0 saturated carbocycles. The number of benzene rings is 2. The molecule has 23 heavy (non-hydrogen) atoms. The van der Waals surface area contributed by atoms with Crippen molar-refractivity contribution in [3.05, 3.63) is 54.1 Å². The van der Waals surface area contributed by atoms with E-state index in [1.807, 2.05) is 48.5 Å². The highest BCUT2D eigenvalue weighted by Gasteiger charge is 2.10. The van der Waals surface area contributed by atoms with E-state index in [2.05, 4.69) is 15.5 Å². The maximum atomic E-state index is 5.33. The van der Waals surface area contributed by atoms with Crippen molar-refractivity contribution in [2.75, 3.05) is 14.2 Å². The largest absolute Gasteiger partial charge is 0.493 e. The molecule has 118 valence electrons. The van der Waals surface area contributed by atoms with Gasteiger partial charge in [0, 0.05) is 5.75 Å². The zero-order valence-corrected chi connectivity index (χ0v) is 13.7. The number of para-hydroxylation sites is 1. The summed E-state index contributed by atoms with van der Waals surface area (Å²) in [6, 6.07) is 15.7. The van der Waals surface area contributed by atoms with Crippen LogP contribution in [0.15, 0.2) is 53.7 Å². The van der Waals surface area contributed by atoms with Crippen LogP contribution < -0.4 is 9.47 Å². The lowest BCUT2D eigenvalue weighted by molar-refractivity contribution is 0.354. The van der Waals surface area contributed by atoms with Gasteiger partial charge in [0.25, 0.3) is 0 Å². The van der Waals surface area contributed by atoms with Crippen LogP contribution in [0.25, 0.3) is 5.69 Å². The Morgan fingerprint density at radius 3 is 2.52 bits per heavy atom. The number of hydrogen-bond donors (Lipinski definition) is 0. The van der Waals surface area contributed by atoms with Gasteiger partial charge < -0.3 is 9.47 Å². The molecule has 0 aliphatic rings.